The van der Waals surface area contributed by atoms with E-state index in [9.17, 15) is 0 Å². The zero-order valence-electron chi connectivity index (χ0n) is 23.3. The second-order valence-electron chi connectivity index (χ2n) is 13.8. The monoisotopic (exact) mass is 490 g/mol. The predicted octanol–water partition coefficient (Wildman–Crippen LogP) is 9.46. The Labute approximate surface area is 226 Å². The van der Waals surface area contributed by atoms with Gasteiger partial charge in [0.1, 0.15) is 0 Å². The summed E-state index contributed by atoms with van der Waals surface area (Å²) in [6.45, 7) is 13.6. The fourth-order valence-corrected chi connectivity index (χ4v) is 9.09. The van der Waals surface area contributed by atoms with Gasteiger partial charge >= 0.3 is 0 Å². The molecule has 0 spiro atoms. The van der Waals surface area contributed by atoms with Crippen LogP contribution in [0.25, 0.3) is 0 Å². The molecule has 37 heavy (non-hydrogen) atoms. The second kappa shape index (κ2) is 9.76. The molecule has 0 amide bonds. The van der Waals surface area contributed by atoms with Gasteiger partial charge in [0, 0.05) is 0 Å². The summed E-state index contributed by atoms with van der Waals surface area (Å²) in [7, 11) is 0. The van der Waals surface area contributed by atoms with Crippen LogP contribution < -0.4 is 0 Å². The molecular weight excluding hydrogens is 444 g/mol. The Hall–Kier alpha value is -2.34. The molecule has 0 nitrogen and oxygen atoms in total. The highest BCUT2D eigenvalue weighted by Gasteiger charge is 2.53. The lowest BCUT2D eigenvalue weighted by molar-refractivity contribution is 0.170. The summed E-state index contributed by atoms with van der Waals surface area (Å²) in [5.41, 5.74) is 3.19. The first kappa shape index (κ1) is 25.0. The molecule has 0 N–H and O–H groups in total. The molecule has 0 bridgehead atoms. The fraction of sp³-hybridized carbons (Fsp3) is 0.514. The van der Waals surface area contributed by atoms with Crippen LogP contribution in [0.4, 0.5) is 0 Å². The van der Waals surface area contributed by atoms with Gasteiger partial charge in [0.25, 0.3) is 0 Å². The summed E-state index contributed by atoms with van der Waals surface area (Å²) in [4.78, 5) is 0. The molecule has 0 radical (unpaired) electrons. The Morgan fingerprint density at radius 1 is 0.730 bits per heavy atom. The van der Waals surface area contributed by atoms with E-state index >= 15 is 0 Å². The highest BCUT2D eigenvalue weighted by molar-refractivity contribution is 5.37. The maximum absolute atomic E-state index is 4.14. The van der Waals surface area contributed by atoms with Crippen LogP contribution >= 0.6 is 0 Å². The summed E-state index contributed by atoms with van der Waals surface area (Å²) in [5, 5.41) is 0. The molecule has 0 saturated heterocycles. The Balaban J connectivity index is 1.37. The first-order chi connectivity index (χ1) is 17.9. The molecular formula is C37H46. The van der Waals surface area contributed by atoms with Crippen molar-refractivity contribution in [3.05, 3.63) is 109 Å². The van der Waals surface area contributed by atoms with Gasteiger partial charge in [0.15, 0.2) is 0 Å². The molecule has 6 rings (SSSR count). The standard InChI is InChI=1S/C37H46/c1-6-7-12-25(36-31-15-10-8-13-27(31)28-14-9-11-16-32(28)36)22-34-33-21-24(2)17-19-29(33)30-20-18-26(23-35(30)34)37(3,4)5/h6,8-11,13-21,23,25,27-36H,1,7,12,22H2,2-5H3. The summed E-state index contributed by atoms with van der Waals surface area (Å²) >= 11 is 0. The largest absolute Gasteiger partial charge is 0.103 e. The van der Waals surface area contributed by atoms with E-state index in [2.05, 4.69) is 125 Å². The molecule has 0 aliphatic heterocycles. The molecule has 6 aliphatic rings. The molecule has 10 atom stereocenters. The predicted molar refractivity (Wildman–Crippen MR) is 159 cm³/mol. The summed E-state index contributed by atoms with van der Waals surface area (Å²) in [5.74, 6) is 7.34. The van der Waals surface area contributed by atoms with Crippen molar-refractivity contribution in [1.29, 1.82) is 0 Å². The van der Waals surface area contributed by atoms with E-state index < -0.39 is 0 Å². The van der Waals surface area contributed by atoms with Gasteiger partial charge in [-0.05, 0) is 102 Å². The molecule has 0 heterocycles. The van der Waals surface area contributed by atoms with Crippen LogP contribution in [0.5, 0.6) is 0 Å². The first-order valence-electron chi connectivity index (χ1n) is 14.9. The normalized spacial score (nSPS) is 41.5. The van der Waals surface area contributed by atoms with Gasteiger partial charge in [-0.25, -0.2) is 0 Å². The first-order valence-corrected chi connectivity index (χ1v) is 14.9. The van der Waals surface area contributed by atoms with Crippen molar-refractivity contribution in [2.24, 2.45) is 70.5 Å². The summed E-state index contributed by atoms with van der Waals surface area (Å²) in [6, 6.07) is 0. The number of rotatable bonds is 6. The number of allylic oxidation sites excluding steroid dienone is 17. The van der Waals surface area contributed by atoms with E-state index in [0.717, 1.165) is 6.42 Å². The minimum atomic E-state index is 0.202. The van der Waals surface area contributed by atoms with Gasteiger partial charge in [-0.1, -0.05) is 117 Å². The van der Waals surface area contributed by atoms with Gasteiger partial charge in [0.2, 0.25) is 0 Å². The zero-order chi connectivity index (χ0) is 25.7. The quantitative estimate of drug-likeness (QED) is 0.325. The minimum Gasteiger partial charge on any atom is -0.103 e. The zero-order valence-corrected chi connectivity index (χ0v) is 23.3. The van der Waals surface area contributed by atoms with Gasteiger partial charge < -0.3 is 0 Å². The van der Waals surface area contributed by atoms with Crippen LogP contribution in [0.1, 0.15) is 47.0 Å². The Kier molecular flexibility index (Phi) is 6.58. The number of hydrogen-bond acceptors (Lipinski definition) is 0. The maximum Gasteiger partial charge on any atom is -0.00954 e. The van der Waals surface area contributed by atoms with Crippen LogP contribution in [0.3, 0.4) is 0 Å². The summed E-state index contributed by atoms with van der Waals surface area (Å²) < 4.78 is 0. The van der Waals surface area contributed by atoms with E-state index in [-0.39, 0.29) is 5.41 Å². The number of hydrogen-bond donors (Lipinski definition) is 0. The molecule has 0 heteroatoms. The van der Waals surface area contributed by atoms with E-state index in [1.165, 1.54) is 24.0 Å². The highest BCUT2D eigenvalue weighted by Crippen LogP contribution is 2.59. The maximum atomic E-state index is 4.14. The number of fused-ring (bicyclic) bond motifs is 6. The van der Waals surface area contributed by atoms with Crippen LogP contribution in [0, 0.1) is 70.5 Å². The minimum absolute atomic E-state index is 0.202. The topological polar surface area (TPSA) is 0 Å². The van der Waals surface area contributed by atoms with Gasteiger partial charge in [0.05, 0.1) is 0 Å². The van der Waals surface area contributed by atoms with E-state index in [1.807, 2.05) is 0 Å². The second-order valence-corrected chi connectivity index (χ2v) is 13.8. The lowest BCUT2D eigenvalue weighted by Gasteiger charge is -2.37. The average molecular weight is 491 g/mol. The van der Waals surface area contributed by atoms with Gasteiger partial charge in [-0.3, -0.25) is 0 Å². The third kappa shape index (κ3) is 4.39. The molecule has 194 valence electrons. The highest BCUT2D eigenvalue weighted by atomic mass is 14.6. The molecule has 6 aliphatic carbocycles. The third-order valence-corrected chi connectivity index (χ3v) is 10.7. The van der Waals surface area contributed by atoms with Crippen molar-refractivity contribution in [3.8, 4) is 0 Å². The van der Waals surface area contributed by atoms with Crippen molar-refractivity contribution in [1.82, 2.24) is 0 Å². The van der Waals surface area contributed by atoms with Crippen molar-refractivity contribution >= 4 is 0 Å². The molecule has 0 aromatic rings. The van der Waals surface area contributed by atoms with Gasteiger partial charge in [-0.2, -0.15) is 0 Å². The Morgan fingerprint density at radius 3 is 1.86 bits per heavy atom. The Bertz CT molecular complexity index is 1100. The molecule has 2 saturated carbocycles. The summed E-state index contributed by atoms with van der Waals surface area (Å²) in [6.07, 6.45) is 40.6. The Morgan fingerprint density at radius 2 is 1.27 bits per heavy atom. The lowest BCUT2D eigenvalue weighted by Crippen LogP contribution is -2.30. The molecule has 0 aromatic carbocycles. The van der Waals surface area contributed by atoms with Crippen molar-refractivity contribution in [3.63, 3.8) is 0 Å². The lowest BCUT2D eigenvalue weighted by atomic mass is 9.67. The van der Waals surface area contributed by atoms with Crippen molar-refractivity contribution in [2.75, 3.05) is 0 Å². The average Bonchev–Trinajstić information content (AvgIpc) is 3.38. The fourth-order valence-electron chi connectivity index (χ4n) is 9.09. The third-order valence-electron chi connectivity index (χ3n) is 10.7. The van der Waals surface area contributed by atoms with Crippen molar-refractivity contribution in [2.45, 2.75) is 47.0 Å². The molecule has 10 unspecified atom stereocenters. The molecule has 2 fully saturated rings. The molecule has 0 aromatic heterocycles. The van der Waals surface area contributed by atoms with Crippen molar-refractivity contribution < 1.29 is 0 Å². The van der Waals surface area contributed by atoms with Crippen LogP contribution in [-0.4, -0.2) is 0 Å². The van der Waals surface area contributed by atoms with E-state index in [1.54, 1.807) is 0 Å². The van der Waals surface area contributed by atoms with Gasteiger partial charge in [-0.15, -0.1) is 6.58 Å². The van der Waals surface area contributed by atoms with Crippen LogP contribution in [0.2, 0.25) is 0 Å². The SMILES string of the molecule is C=CCCC(CC1C2C=C(C)C=CC2C2C=CC(C(C)(C)C)=CC21)C1C2C=CC=CC2C2C=CC=CC21. The van der Waals surface area contributed by atoms with E-state index in [4.69, 9.17) is 0 Å². The van der Waals surface area contributed by atoms with E-state index in [0.29, 0.717) is 65.1 Å². The van der Waals surface area contributed by atoms with Crippen LogP contribution in [0.15, 0.2) is 109 Å². The van der Waals surface area contributed by atoms with Crippen LogP contribution in [-0.2, 0) is 0 Å². The smallest absolute Gasteiger partial charge is 0.00954 e.